The SMILES string of the molecule is Cc1ccc(/C=C/c2onc(C)c2S(=O)(=O)N2CCC[C@@H](C(=O)Nc3ccccc3F)C2)cc1. The number of hydrogen-bond donors (Lipinski definition) is 1. The molecule has 0 unspecified atom stereocenters. The normalized spacial score (nSPS) is 17.2. The highest BCUT2D eigenvalue weighted by molar-refractivity contribution is 7.89. The topological polar surface area (TPSA) is 92.5 Å². The van der Waals surface area contributed by atoms with Crippen LogP contribution in [-0.4, -0.2) is 36.9 Å². The Labute approximate surface area is 198 Å². The number of carbonyl (C=O) groups is 1. The van der Waals surface area contributed by atoms with E-state index in [1.165, 1.54) is 22.5 Å². The molecule has 2 heterocycles. The van der Waals surface area contributed by atoms with Crippen LogP contribution in [0.2, 0.25) is 0 Å². The van der Waals surface area contributed by atoms with Gasteiger partial charge >= 0.3 is 0 Å². The van der Waals surface area contributed by atoms with Crippen molar-refractivity contribution in [3.63, 3.8) is 0 Å². The third kappa shape index (κ3) is 5.10. The van der Waals surface area contributed by atoms with Crippen LogP contribution < -0.4 is 5.32 Å². The third-order valence-electron chi connectivity index (χ3n) is 5.82. The van der Waals surface area contributed by atoms with Gasteiger partial charge in [-0.3, -0.25) is 4.79 Å². The van der Waals surface area contributed by atoms with Crippen LogP contribution in [0, 0.1) is 25.6 Å². The Balaban J connectivity index is 1.54. The number of nitrogens with zero attached hydrogens (tertiary/aromatic N) is 2. The van der Waals surface area contributed by atoms with Crippen LogP contribution in [0.4, 0.5) is 10.1 Å². The number of carbonyl (C=O) groups excluding carboxylic acids is 1. The zero-order valence-electron chi connectivity index (χ0n) is 19.0. The molecule has 1 saturated heterocycles. The second-order valence-corrected chi connectivity index (χ2v) is 10.3. The molecule has 0 aliphatic carbocycles. The molecule has 0 saturated carbocycles. The van der Waals surface area contributed by atoms with Gasteiger partial charge in [-0.2, -0.15) is 4.31 Å². The van der Waals surface area contributed by atoms with Crippen molar-refractivity contribution in [3.8, 4) is 0 Å². The summed E-state index contributed by atoms with van der Waals surface area (Å²) in [6.45, 7) is 3.83. The zero-order valence-corrected chi connectivity index (χ0v) is 19.8. The number of halogens is 1. The molecule has 0 spiro atoms. The summed E-state index contributed by atoms with van der Waals surface area (Å²) in [5, 5.41) is 6.45. The van der Waals surface area contributed by atoms with Crippen LogP contribution in [0.15, 0.2) is 57.9 Å². The van der Waals surface area contributed by atoms with E-state index in [4.69, 9.17) is 4.52 Å². The molecule has 1 N–H and O–H groups in total. The maximum Gasteiger partial charge on any atom is 0.248 e. The molecule has 4 rings (SSSR count). The average molecular weight is 484 g/mol. The lowest BCUT2D eigenvalue weighted by Crippen LogP contribution is -2.44. The molecule has 3 aromatic rings. The third-order valence-corrected chi connectivity index (χ3v) is 7.85. The van der Waals surface area contributed by atoms with Crippen molar-refractivity contribution >= 4 is 33.8 Å². The van der Waals surface area contributed by atoms with Gasteiger partial charge in [-0.05, 0) is 50.5 Å². The van der Waals surface area contributed by atoms with E-state index in [-0.39, 0.29) is 35.1 Å². The number of rotatable bonds is 6. The lowest BCUT2D eigenvalue weighted by atomic mass is 9.98. The second-order valence-electron chi connectivity index (χ2n) is 8.38. The number of anilines is 1. The van der Waals surface area contributed by atoms with Gasteiger partial charge in [0, 0.05) is 13.1 Å². The fraction of sp³-hybridized carbons (Fsp3) is 0.280. The maximum atomic E-state index is 13.9. The molecule has 1 aromatic heterocycles. The highest BCUT2D eigenvalue weighted by Gasteiger charge is 2.37. The van der Waals surface area contributed by atoms with E-state index in [1.807, 2.05) is 31.2 Å². The molecular weight excluding hydrogens is 457 g/mol. The summed E-state index contributed by atoms with van der Waals surface area (Å²) < 4.78 is 47.6. The number of nitrogens with one attached hydrogen (secondary N) is 1. The Kier molecular flexibility index (Phi) is 6.95. The van der Waals surface area contributed by atoms with E-state index in [0.717, 1.165) is 11.1 Å². The van der Waals surface area contributed by atoms with Crippen molar-refractivity contribution in [2.24, 2.45) is 5.92 Å². The van der Waals surface area contributed by atoms with Gasteiger partial charge in [0.1, 0.15) is 11.5 Å². The number of aryl methyl sites for hydroxylation is 2. The smallest absolute Gasteiger partial charge is 0.248 e. The quantitative estimate of drug-likeness (QED) is 0.551. The molecule has 34 heavy (non-hydrogen) atoms. The molecule has 1 aliphatic heterocycles. The number of aromatic nitrogens is 1. The van der Waals surface area contributed by atoms with Crippen LogP contribution in [-0.2, 0) is 14.8 Å². The molecule has 1 amide bonds. The Hall–Kier alpha value is -3.30. The van der Waals surface area contributed by atoms with E-state index in [9.17, 15) is 17.6 Å². The predicted octanol–water partition coefficient (Wildman–Crippen LogP) is 4.64. The number of amides is 1. The molecular formula is C25H26FN3O4S. The van der Waals surface area contributed by atoms with Gasteiger partial charge in [0.25, 0.3) is 0 Å². The molecule has 1 atom stereocenters. The Morgan fingerprint density at radius 2 is 1.88 bits per heavy atom. The zero-order chi connectivity index (χ0) is 24.3. The minimum Gasteiger partial charge on any atom is -0.355 e. The number of piperidine rings is 1. The summed E-state index contributed by atoms with van der Waals surface area (Å²) in [6.07, 6.45) is 4.37. The summed E-state index contributed by atoms with van der Waals surface area (Å²) in [7, 11) is -3.97. The van der Waals surface area contributed by atoms with Crippen molar-refractivity contribution in [2.45, 2.75) is 31.6 Å². The summed E-state index contributed by atoms with van der Waals surface area (Å²) in [6, 6.07) is 13.7. The first-order valence-electron chi connectivity index (χ1n) is 11.0. The molecule has 1 aliphatic rings. The number of hydrogen-bond acceptors (Lipinski definition) is 5. The monoisotopic (exact) mass is 483 g/mol. The fourth-order valence-corrected chi connectivity index (χ4v) is 5.72. The Morgan fingerprint density at radius 1 is 1.15 bits per heavy atom. The molecule has 2 aromatic carbocycles. The number of sulfonamides is 1. The minimum absolute atomic E-state index is 0.00560. The second kappa shape index (κ2) is 9.90. The Bertz CT molecular complexity index is 1320. The summed E-state index contributed by atoms with van der Waals surface area (Å²) in [5.74, 6) is -1.42. The first-order chi connectivity index (χ1) is 16.3. The first-order valence-corrected chi connectivity index (χ1v) is 12.5. The van der Waals surface area contributed by atoms with Gasteiger partial charge in [0.15, 0.2) is 10.7 Å². The van der Waals surface area contributed by atoms with Crippen LogP contribution >= 0.6 is 0 Å². The van der Waals surface area contributed by atoms with Gasteiger partial charge in [0.05, 0.1) is 11.6 Å². The average Bonchev–Trinajstić information content (AvgIpc) is 3.21. The summed E-state index contributed by atoms with van der Waals surface area (Å²) in [5.41, 5.74) is 2.34. The Morgan fingerprint density at radius 3 is 2.62 bits per heavy atom. The summed E-state index contributed by atoms with van der Waals surface area (Å²) >= 11 is 0. The lowest BCUT2D eigenvalue weighted by molar-refractivity contribution is -0.120. The van der Waals surface area contributed by atoms with Crippen LogP contribution in [0.25, 0.3) is 12.2 Å². The van der Waals surface area contributed by atoms with Gasteiger partial charge in [-0.25, -0.2) is 12.8 Å². The molecule has 9 heteroatoms. The van der Waals surface area contributed by atoms with Gasteiger partial charge in [-0.1, -0.05) is 53.2 Å². The first kappa shape index (κ1) is 23.8. The van der Waals surface area contributed by atoms with Gasteiger partial charge in [0.2, 0.25) is 15.9 Å². The van der Waals surface area contributed by atoms with Crippen molar-refractivity contribution in [1.82, 2.24) is 9.46 Å². The standard InChI is InChI=1S/C25H26FN3O4S/c1-17-9-11-19(12-10-17)13-14-23-24(18(2)28-33-23)34(31,32)29-15-5-6-20(16-29)25(30)27-22-8-4-3-7-21(22)26/h3-4,7-14,20H,5-6,15-16H2,1-2H3,(H,27,30)/b14-13+/t20-/m1/s1. The van der Waals surface area contributed by atoms with E-state index in [1.54, 1.807) is 25.1 Å². The van der Waals surface area contributed by atoms with Crippen molar-refractivity contribution in [3.05, 3.63) is 76.9 Å². The highest BCUT2D eigenvalue weighted by Crippen LogP contribution is 2.30. The summed E-state index contributed by atoms with van der Waals surface area (Å²) in [4.78, 5) is 12.7. The van der Waals surface area contributed by atoms with Crippen molar-refractivity contribution < 1.29 is 22.1 Å². The fourth-order valence-electron chi connectivity index (χ4n) is 3.95. The number of benzene rings is 2. The van der Waals surface area contributed by atoms with Crippen LogP contribution in [0.1, 0.15) is 35.4 Å². The van der Waals surface area contributed by atoms with E-state index in [0.29, 0.717) is 12.8 Å². The molecule has 178 valence electrons. The molecule has 0 radical (unpaired) electrons. The molecule has 0 bridgehead atoms. The lowest BCUT2D eigenvalue weighted by Gasteiger charge is -2.31. The van der Waals surface area contributed by atoms with E-state index >= 15 is 0 Å². The largest absolute Gasteiger partial charge is 0.355 e. The highest BCUT2D eigenvalue weighted by atomic mass is 32.2. The molecule has 7 nitrogen and oxygen atoms in total. The van der Waals surface area contributed by atoms with E-state index in [2.05, 4.69) is 10.5 Å². The maximum absolute atomic E-state index is 13.9. The number of para-hydroxylation sites is 1. The van der Waals surface area contributed by atoms with Crippen LogP contribution in [0.3, 0.4) is 0 Å². The van der Waals surface area contributed by atoms with Crippen molar-refractivity contribution in [2.75, 3.05) is 18.4 Å². The minimum atomic E-state index is -3.97. The van der Waals surface area contributed by atoms with E-state index < -0.39 is 27.7 Å². The van der Waals surface area contributed by atoms with Crippen LogP contribution in [0.5, 0.6) is 0 Å². The predicted molar refractivity (Wildman–Crippen MR) is 128 cm³/mol. The molecule has 1 fully saturated rings. The van der Waals surface area contributed by atoms with Crippen molar-refractivity contribution in [1.29, 1.82) is 0 Å². The van der Waals surface area contributed by atoms with Gasteiger partial charge < -0.3 is 9.84 Å². The van der Waals surface area contributed by atoms with Gasteiger partial charge in [-0.15, -0.1) is 0 Å².